The predicted octanol–water partition coefficient (Wildman–Crippen LogP) is 3.04. The zero-order chi connectivity index (χ0) is 15.2. The molecule has 20 heavy (non-hydrogen) atoms. The first-order valence-corrected chi connectivity index (χ1v) is 9.68. The topological polar surface area (TPSA) is 72.2 Å². The second kappa shape index (κ2) is 8.12. The number of sulfonamides is 1. The van der Waals surface area contributed by atoms with E-state index in [9.17, 15) is 8.42 Å². The molecular formula is C13H21ClN2O2S2. The lowest BCUT2D eigenvalue weighted by Gasteiger charge is -2.10. The van der Waals surface area contributed by atoms with Gasteiger partial charge in [0.25, 0.3) is 0 Å². The fourth-order valence-electron chi connectivity index (χ4n) is 1.71. The molecule has 7 heteroatoms. The van der Waals surface area contributed by atoms with Crippen molar-refractivity contribution in [2.45, 2.75) is 31.1 Å². The molecule has 0 unspecified atom stereocenters. The van der Waals surface area contributed by atoms with E-state index in [2.05, 4.69) is 11.0 Å². The summed E-state index contributed by atoms with van der Waals surface area (Å²) in [5.41, 5.74) is 6.94. The van der Waals surface area contributed by atoms with Crippen LogP contribution in [0, 0.1) is 6.92 Å². The Kier molecular flexibility index (Phi) is 7.15. The summed E-state index contributed by atoms with van der Waals surface area (Å²) in [7, 11) is -3.59. The summed E-state index contributed by atoms with van der Waals surface area (Å²) in [5.74, 6) is 1.10. The smallest absolute Gasteiger partial charge is 0.242 e. The van der Waals surface area contributed by atoms with Crippen molar-refractivity contribution in [3.8, 4) is 0 Å². The van der Waals surface area contributed by atoms with E-state index in [1.54, 1.807) is 24.8 Å². The highest BCUT2D eigenvalue weighted by atomic mass is 35.5. The number of halogens is 1. The number of hydrogen-bond acceptors (Lipinski definition) is 4. The zero-order valence-corrected chi connectivity index (χ0v) is 14.2. The third kappa shape index (κ3) is 5.16. The number of rotatable bonds is 8. The van der Waals surface area contributed by atoms with Crippen molar-refractivity contribution in [3.05, 3.63) is 22.7 Å². The zero-order valence-electron chi connectivity index (χ0n) is 11.8. The molecule has 0 aliphatic heterocycles. The number of nitrogens with two attached hydrogens (primary N) is 1. The van der Waals surface area contributed by atoms with Crippen LogP contribution in [0.5, 0.6) is 0 Å². The van der Waals surface area contributed by atoms with Crippen molar-refractivity contribution >= 4 is 39.1 Å². The van der Waals surface area contributed by atoms with Crippen LogP contribution in [0.15, 0.2) is 17.0 Å². The standard InChI is InChI=1S/C13H21ClN2O2S2/c1-10-8-11(14)13(9-12(10)15)20(17,18)16-6-4-3-5-7-19-2/h8-9,16H,3-7,15H2,1-2H3. The lowest BCUT2D eigenvalue weighted by atomic mass is 10.2. The highest BCUT2D eigenvalue weighted by Crippen LogP contribution is 2.26. The molecule has 0 bridgehead atoms. The van der Waals surface area contributed by atoms with Gasteiger partial charge in [0.2, 0.25) is 10.0 Å². The molecule has 3 N–H and O–H groups in total. The number of unbranched alkanes of at least 4 members (excludes halogenated alkanes) is 2. The lowest BCUT2D eigenvalue weighted by Crippen LogP contribution is -2.25. The molecule has 0 amide bonds. The van der Waals surface area contributed by atoms with Gasteiger partial charge in [-0.05, 0) is 49.5 Å². The van der Waals surface area contributed by atoms with E-state index in [1.807, 2.05) is 0 Å². The van der Waals surface area contributed by atoms with Gasteiger partial charge in [0.05, 0.1) is 5.02 Å². The van der Waals surface area contributed by atoms with Gasteiger partial charge in [-0.1, -0.05) is 18.0 Å². The van der Waals surface area contributed by atoms with Gasteiger partial charge < -0.3 is 5.73 Å². The third-order valence-electron chi connectivity index (χ3n) is 2.93. The van der Waals surface area contributed by atoms with Crippen LogP contribution in [0.2, 0.25) is 5.02 Å². The van der Waals surface area contributed by atoms with Gasteiger partial charge in [-0.15, -0.1) is 0 Å². The van der Waals surface area contributed by atoms with Crippen molar-refractivity contribution < 1.29 is 8.42 Å². The Balaban J connectivity index is 2.63. The molecule has 0 atom stereocenters. The van der Waals surface area contributed by atoms with Gasteiger partial charge in [-0.25, -0.2) is 13.1 Å². The Morgan fingerprint density at radius 1 is 1.30 bits per heavy atom. The minimum absolute atomic E-state index is 0.0476. The molecule has 1 rings (SSSR count). The SMILES string of the molecule is CSCCCCCNS(=O)(=O)c1cc(N)c(C)cc1Cl. The van der Waals surface area contributed by atoms with E-state index in [0.717, 1.165) is 30.6 Å². The molecular weight excluding hydrogens is 316 g/mol. The van der Waals surface area contributed by atoms with Gasteiger partial charge in [0.1, 0.15) is 4.90 Å². The van der Waals surface area contributed by atoms with Crippen LogP contribution >= 0.6 is 23.4 Å². The largest absolute Gasteiger partial charge is 0.398 e. The number of benzene rings is 1. The van der Waals surface area contributed by atoms with Crippen LogP contribution < -0.4 is 10.5 Å². The molecule has 0 aliphatic carbocycles. The van der Waals surface area contributed by atoms with E-state index in [1.165, 1.54) is 6.07 Å². The fraction of sp³-hybridized carbons (Fsp3) is 0.538. The molecule has 0 aromatic heterocycles. The Labute approximate surface area is 130 Å². The Morgan fingerprint density at radius 3 is 2.65 bits per heavy atom. The summed E-state index contributed by atoms with van der Waals surface area (Å²) < 4.78 is 26.9. The summed E-state index contributed by atoms with van der Waals surface area (Å²) in [6, 6.07) is 2.98. The molecule has 0 spiro atoms. The normalized spacial score (nSPS) is 11.8. The van der Waals surface area contributed by atoms with E-state index < -0.39 is 10.0 Å². The Hall–Kier alpha value is -0.430. The molecule has 0 aliphatic rings. The second-order valence-corrected chi connectivity index (χ2v) is 7.72. The van der Waals surface area contributed by atoms with Gasteiger partial charge >= 0.3 is 0 Å². The maximum Gasteiger partial charge on any atom is 0.242 e. The van der Waals surface area contributed by atoms with Gasteiger partial charge in [0, 0.05) is 12.2 Å². The monoisotopic (exact) mass is 336 g/mol. The number of anilines is 1. The fourth-order valence-corrected chi connectivity index (χ4v) is 3.89. The van der Waals surface area contributed by atoms with Crippen molar-refractivity contribution in [2.75, 3.05) is 24.3 Å². The van der Waals surface area contributed by atoms with E-state index in [4.69, 9.17) is 17.3 Å². The number of aryl methyl sites for hydroxylation is 1. The molecule has 1 aromatic carbocycles. The molecule has 1 aromatic rings. The van der Waals surface area contributed by atoms with Crippen molar-refractivity contribution in [3.63, 3.8) is 0 Å². The van der Waals surface area contributed by atoms with Crippen LogP contribution in [0.25, 0.3) is 0 Å². The minimum atomic E-state index is -3.59. The van der Waals surface area contributed by atoms with E-state index in [-0.39, 0.29) is 9.92 Å². The first kappa shape index (κ1) is 17.6. The second-order valence-electron chi connectivity index (χ2n) is 4.59. The number of hydrogen-bond donors (Lipinski definition) is 2. The third-order valence-corrected chi connectivity index (χ3v) is 5.55. The quantitative estimate of drug-likeness (QED) is 0.565. The first-order valence-electron chi connectivity index (χ1n) is 6.42. The summed E-state index contributed by atoms with van der Waals surface area (Å²) in [5, 5.41) is 0.201. The summed E-state index contributed by atoms with van der Waals surface area (Å²) >= 11 is 7.79. The molecule has 4 nitrogen and oxygen atoms in total. The number of thioether (sulfide) groups is 1. The first-order chi connectivity index (χ1) is 9.38. The average molecular weight is 337 g/mol. The average Bonchev–Trinajstić information content (AvgIpc) is 2.37. The van der Waals surface area contributed by atoms with Crippen molar-refractivity contribution in [2.24, 2.45) is 0 Å². The maximum absolute atomic E-state index is 12.2. The highest BCUT2D eigenvalue weighted by Gasteiger charge is 2.18. The molecule has 114 valence electrons. The molecule has 0 saturated carbocycles. The van der Waals surface area contributed by atoms with E-state index >= 15 is 0 Å². The molecule has 0 heterocycles. The molecule has 0 fully saturated rings. The summed E-state index contributed by atoms with van der Waals surface area (Å²) in [6.07, 6.45) is 4.99. The Morgan fingerprint density at radius 2 is 2.00 bits per heavy atom. The molecule has 0 saturated heterocycles. The van der Waals surface area contributed by atoms with Crippen LogP contribution in [0.3, 0.4) is 0 Å². The van der Waals surface area contributed by atoms with Crippen LogP contribution in [0.4, 0.5) is 5.69 Å². The summed E-state index contributed by atoms with van der Waals surface area (Å²) in [4.78, 5) is 0.0476. The summed E-state index contributed by atoms with van der Waals surface area (Å²) in [6.45, 7) is 2.21. The number of nitrogens with one attached hydrogen (secondary N) is 1. The van der Waals surface area contributed by atoms with Crippen LogP contribution in [0.1, 0.15) is 24.8 Å². The number of nitrogen functional groups attached to an aromatic ring is 1. The van der Waals surface area contributed by atoms with E-state index in [0.29, 0.717) is 12.2 Å². The van der Waals surface area contributed by atoms with Gasteiger partial charge in [-0.3, -0.25) is 0 Å². The lowest BCUT2D eigenvalue weighted by molar-refractivity contribution is 0.576. The Bertz CT molecular complexity index is 548. The van der Waals surface area contributed by atoms with Gasteiger partial charge in [-0.2, -0.15) is 11.8 Å². The molecule has 0 radical (unpaired) electrons. The minimum Gasteiger partial charge on any atom is -0.398 e. The predicted molar refractivity (Wildman–Crippen MR) is 88.0 cm³/mol. The van der Waals surface area contributed by atoms with Crippen LogP contribution in [-0.2, 0) is 10.0 Å². The highest BCUT2D eigenvalue weighted by molar-refractivity contribution is 7.98. The van der Waals surface area contributed by atoms with Crippen LogP contribution in [-0.4, -0.2) is 27.0 Å². The van der Waals surface area contributed by atoms with Crippen molar-refractivity contribution in [1.82, 2.24) is 4.72 Å². The van der Waals surface area contributed by atoms with Gasteiger partial charge in [0.15, 0.2) is 0 Å². The van der Waals surface area contributed by atoms with Crippen molar-refractivity contribution in [1.29, 1.82) is 0 Å². The maximum atomic E-state index is 12.2.